The van der Waals surface area contributed by atoms with Crippen LogP contribution >= 0.6 is 0 Å². The van der Waals surface area contributed by atoms with E-state index in [0.29, 0.717) is 35.7 Å². The fourth-order valence-electron chi connectivity index (χ4n) is 4.27. The van der Waals surface area contributed by atoms with Gasteiger partial charge in [0.15, 0.2) is 5.82 Å². The first-order chi connectivity index (χ1) is 14.0. The molecule has 0 spiro atoms. The van der Waals surface area contributed by atoms with Crippen LogP contribution in [0, 0.1) is 5.92 Å². The highest BCUT2D eigenvalue weighted by atomic mass is 16.5. The van der Waals surface area contributed by atoms with Gasteiger partial charge in [0.1, 0.15) is 11.4 Å². The van der Waals surface area contributed by atoms with Crippen LogP contribution in [0.5, 0.6) is 5.75 Å². The number of nitrogens with one attached hydrogen (secondary N) is 1. The van der Waals surface area contributed by atoms with Gasteiger partial charge in [-0.05, 0) is 31.0 Å². The average Bonchev–Trinajstić information content (AvgIpc) is 3.23. The Labute approximate surface area is 171 Å². The Kier molecular flexibility index (Phi) is 5.17. The van der Waals surface area contributed by atoms with Crippen molar-refractivity contribution in [3.8, 4) is 5.75 Å². The minimum Gasteiger partial charge on any atom is -0.495 e. The van der Waals surface area contributed by atoms with Gasteiger partial charge < -0.3 is 25.6 Å². The van der Waals surface area contributed by atoms with Crippen LogP contribution in [0.4, 0.5) is 28.8 Å². The molecule has 0 radical (unpaired) electrons. The summed E-state index contributed by atoms with van der Waals surface area (Å²) in [5.41, 5.74) is 8.00. The quantitative estimate of drug-likeness (QED) is 0.766. The summed E-state index contributed by atoms with van der Waals surface area (Å²) < 4.78 is 5.42. The second kappa shape index (κ2) is 7.77. The van der Waals surface area contributed by atoms with E-state index < -0.39 is 0 Å². The topological polar surface area (TPSA) is 96.6 Å². The molecule has 1 unspecified atom stereocenters. The van der Waals surface area contributed by atoms with Crippen molar-refractivity contribution in [2.24, 2.45) is 5.92 Å². The lowest BCUT2D eigenvalue weighted by atomic mass is 10.1. The number of aromatic nitrogens is 2. The zero-order valence-electron chi connectivity index (χ0n) is 17.2. The summed E-state index contributed by atoms with van der Waals surface area (Å²) in [7, 11) is 3.41. The summed E-state index contributed by atoms with van der Waals surface area (Å²) in [6.07, 6.45) is 6.40. The Balaban J connectivity index is 1.74. The molecule has 29 heavy (non-hydrogen) atoms. The summed E-state index contributed by atoms with van der Waals surface area (Å²) >= 11 is 0. The number of benzene rings is 1. The lowest BCUT2D eigenvalue weighted by Crippen LogP contribution is -2.38. The Morgan fingerprint density at radius 3 is 2.76 bits per heavy atom. The van der Waals surface area contributed by atoms with Gasteiger partial charge >= 0.3 is 0 Å². The van der Waals surface area contributed by atoms with Crippen molar-refractivity contribution in [2.75, 3.05) is 41.6 Å². The average molecular weight is 396 g/mol. The molecule has 2 heterocycles. The fraction of sp³-hybridized carbons (Fsp3) is 0.476. The molecule has 1 amide bonds. The molecule has 2 aromatic rings. The molecule has 1 fully saturated rings. The Morgan fingerprint density at radius 1 is 1.28 bits per heavy atom. The SMILES string of the molecule is COc1ccc(N)cc1Nc1ncc2c(n1)N(C1CCCC1)CC(C)C(=O)N2C. The minimum absolute atomic E-state index is 0.0913. The molecule has 1 aromatic carbocycles. The van der Waals surface area contributed by atoms with Crippen LogP contribution < -0.4 is 25.6 Å². The van der Waals surface area contributed by atoms with Gasteiger partial charge in [0.25, 0.3) is 0 Å². The van der Waals surface area contributed by atoms with E-state index in [1.807, 2.05) is 6.92 Å². The maximum absolute atomic E-state index is 12.8. The van der Waals surface area contributed by atoms with Gasteiger partial charge in [-0.3, -0.25) is 4.79 Å². The van der Waals surface area contributed by atoms with E-state index in [0.717, 1.165) is 24.3 Å². The summed E-state index contributed by atoms with van der Waals surface area (Å²) in [5, 5.41) is 3.23. The predicted molar refractivity (Wildman–Crippen MR) is 115 cm³/mol. The van der Waals surface area contributed by atoms with Gasteiger partial charge in [-0.25, -0.2) is 4.98 Å². The van der Waals surface area contributed by atoms with Crippen LogP contribution in [-0.4, -0.2) is 42.6 Å². The third kappa shape index (κ3) is 3.66. The molecule has 0 saturated heterocycles. The van der Waals surface area contributed by atoms with Gasteiger partial charge in [-0.1, -0.05) is 19.8 Å². The highest BCUT2D eigenvalue weighted by molar-refractivity contribution is 5.98. The normalized spacial score (nSPS) is 19.8. The first-order valence-corrected chi connectivity index (χ1v) is 10.1. The number of ether oxygens (including phenoxy) is 1. The van der Waals surface area contributed by atoms with Crippen LogP contribution in [0.15, 0.2) is 24.4 Å². The molecule has 0 bridgehead atoms. The Hall–Kier alpha value is -3.03. The second-order valence-corrected chi connectivity index (χ2v) is 7.88. The maximum atomic E-state index is 12.8. The van der Waals surface area contributed by atoms with Crippen LogP contribution in [-0.2, 0) is 4.79 Å². The number of carbonyl (C=O) groups excluding carboxylic acids is 1. The second-order valence-electron chi connectivity index (χ2n) is 7.88. The van der Waals surface area contributed by atoms with Crippen LogP contribution in [0.2, 0.25) is 0 Å². The van der Waals surface area contributed by atoms with E-state index in [1.54, 1.807) is 43.5 Å². The number of nitrogen functional groups attached to an aromatic ring is 1. The third-order valence-electron chi connectivity index (χ3n) is 5.84. The van der Waals surface area contributed by atoms with Crippen molar-refractivity contribution in [3.63, 3.8) is 0 Å². The number of hydrogen-bond donors (Lipinski definition) is 2. The molecule has 154 valence electrons. The minimum atomic E-state index is -0.0970. The lowest BCUT2D eigenvalue weighted by Gasteiger charge is -2.31. The van der Waals surface area contributed by atoms with Gasteiger partial charge in [-0.2, -0.15) is 4.98 Å². The number of amides is 1. The first-order valence-electron chi connectivity index (χ1n) is 10.1. The number of fused-ring (bicyclic) bond motifs is 1. The van der Waals surface area contributed by atoms with Crippen molar-refractivity contribution >= 4 is 34.7 Å². The van der Waals surface area contributed by atoms with Gasteiger partial charge in [-0.15, -0.1) is 0 Å². The molecule has 2 aliphatic rings. The molecular weight excluding hydrogens is 368 g/mol. The highest BCUT2D eigenvalue weighted by Gasteiger charge is 2.35. The van der Waals surface area contributed by atoms with Crippen LogP contribution in [0.1, 0.15) is 32.6 Å². The van der Waals surface area contributed by atoms with Crippen molar-refractivity contribution in [3.05, 3.63) is 24.4 Å². The van der Waals surface area contributed by atoms with E-state index in [9.17, 15) is 4.79 Å². The Bertz CT molecular complexity index is 912. The van der Waals surface area contributed by atoms with Gasteiger partial charge in [0.2, 0.25) is 11.9 Å². The zero-order valence-corrected chi connectivity index (χ0v) is 17.2. The molecule has 8 nitrogen and oxygen atoms in total. The van der Waals surface area contributed by atoms with Crippen molar-refractivity contribution in [1.82, 2.24) is 9.97 Å². The summed E-state index contributed by atoms with van der Waals surface area (Å²) in [6.45, 7) is 2.65. The maximum Gasteiger partial charge on any atom is 0.231 e. The number of anilines is 5. The Morgan fingerprint density at radius 2 is 2.03 bits per heavy atom. The third-order valence-corrected chi connectivity index (χ3v) is 5.84. The number of nitrogens with two attached hydrogens (primary N) is 1. The number of hydrogen-bond acceptors (Lipinski definition) is 7. The van der Waals surface area contributed by atoms with Crippen molar-refractivity contribution in [2.45, 2.75) is 38.6 Å². The number of rotatable bonds is 4. The summed E-state index contributed by atoms with van der Waals surface area (Å²) in [6, 6.07) is 5.78. The summed E-state index contributed by atoms with van der Waals surface area (Å²) in [4.78, 5) is 26.0. The summed E-state index contributed by atoms with van der Waals surface area (Å²) in [5.74, 6) is 1.91. The van der Waals surface area contributed by atoms with Crippen molar-refractivity contribution < 1.29 is 9.53 Å². The van der Waals surface area contributed by atoms with Gasteiger partial charge in [0, 0.05) is 25.3 Å². The molecule has 1 aliphatic heterocycles. The standard InChI is InChI=1S/C21H28N6O2/c1-13-12-27(15-6-4-5-7-15)19-17(26(2)20(13)28)11-23-21(25-19)24-16-10-14(22)8-9-18(16)29-3/h8-11,13,15H,4-7,12,22H2,1-3H3,(H,23,24,25). The molecule has 3 N–H and O–H groups in total. The van der Waals surface area contributed by atoms with Crippen LogP contribution in [0.3, 0.4) is 0 Å². The van der Waals surface area contributed by atoms with Gasteiger partial charge in [0.05, 0.1) is 24.9 Å². The molecule has 1 saturated carbocycles. The molecule has 1 atom stereocenters. The molecule has 1 aliphatic carbocycles. The highest BCUT2D eigenvalue weighted by Crippen LogP contribution is 2.38. The number of carbonyl (C=O) groups is 1. The number of methoxy groups -OCH3 is 1. The predicted octanol–water partition coefficient (Wildman–Crippen LogP) is 3.17. The number of nitrogens with zero attached hydrogens (tertiary/aromatic N) is 4. The van der Waals surface area contributed by atoms with E-state index in [4.69, 9.17) is 15.5 Å². The molecule has 4 rings (SSSR count). The fourth-order valence-corrected chi connectivity index (χ4v) is 4.27. The largest absolute Gasteiger partial charge is 0.495 e. The van der Waals surface area contributed by atoms with E-state index >= 15 is 0 Å². The molecular formula is C21H28N6O2. The zero-order chi connectivity index (χ0) is 20.5. The van der Waals surface area contributed by atoms with Crippen LogP contribution in [0.25, 0.3) is 0 Å². The van der Waals surface area contributed by atoms with E-state index in [1.165, 1.54) is 12.8 Å². The lowest BCUT2D eigenvalue weighted by molar-refractivity contribution is -0.121. The monoisotopic (exact) mass is 396 g/mol. The van der Waals surface area contributed by atoms with E-state index in [-0.39, 0.29) is 11.8 Å². The molecule has 1 aromatic heterocycles. The van der Waals surface area contributed by atoms with E-state index in [2.05, 4.69) is 15.2 Å². The van der Waals surface area contributed by atoms with Crippen molar-refractivity contribution in [1.29, 1.82) is 0 Å². The smallest absolute Gasteiger partial charge is 0.231 e. The first kappa shape index (κ1) is 19.3. The molecule has 8 heteroatoms.